The fourth-order valence-electron chi connectivity index (χ4n) is 5.64. The zero-order valence-electron chi connectivity index (χ0n) is 22.9. The number of carbonyl (C=O) groups is 2. The summed E-state index contributed by atoms with van der Waals surface area (Å²) in [6.07, 6.45) is 0.419. The van der Waals surface area contributed by atoms with Crippen molar-refractivity contribution in [1.82, 2.24) is 15.2 Å². The van der Waals surface area contributed by atoms with Crippen molar-refractivity contribution in [2.75, 3.05) is 27.9 Å². The first-order valence-corrected chi connectivity index (χ1v) is 13.4. The Morgan fingerprint density at radius 2 is 1.82 bits per heavy atom. The number of benzene rings is 3. The second-order valence-corrected chi connectivity index (χ2v) is 10.3. The van der Waals surface area contributed by atoms with E-state index >= 15 is 0 Å². The number of esters is 1. The van der Waals surface area contributed by atoms with Crippen LogP contribution >= 0.6 is 11.6 Å². The Bertz CT molecular complexity index is 1550. The molecule has 0 aliphatic carbocycles. The Labute approximate surface area is 238 Å². The molecule has 1 amide bonds. The number of likely N-dealkylation sites (tertiary alicyclic amines) is 1. The van der Waals surface area contributed by atoms with Gasteiger partial charge in [-0.1, -0.05) is 48.0 Å². The van der Waals surface area contributed by atoms with Crippen molar-refractivity contribution in [3.05, 3.63) is 82.5 Å². The number of halogens is 1. The Morgan fingerprint density at radius 1 is 1.05 bits per heavy atom. The van der Waals surface area contributed by atoms with Gasteiger partial charge in [0.2, 0.25) is 0 Å². The maximum atomic E-state index is 13.7. The molecule has 8 nitrogen and oxygen atoms in total. The van der Waals surface area contributed by atoms with Crippen LogP contribution in [0.5, 0.6) is 11.5 Å². The van der Waals surface area contributed by atoms with Gasteiger partial charge in [0.1, 0.15) is 23.2 Å². The number of fused-ring (bicyclic) bond motifs is 1. The molecule has 1 aliphatic heterocycles. The van der Waals surface area contributed by atoms with Crippen LogP contribution in [0.1, 0.15) is 28.0 Å². The monoisotopic (exact) mass is 561 g/mol. The molecule has 0 saturated carbocycles. The molecule has 3 aromatic carbocycles. The van der Waals surface area contributed by atoms with Crippen molar-refractivity contribution in [1.29, 1.82) is 0 Å². The summed E-state index contributed by atoms with van der Waals surface area (Å²) in [5.41, 5.74) is 4.76. The molecule has 0 spiro atoms. The van der Waals surface area contributed by atoms with Crippen molar-refractivity contribution in [3.63, 3.8) is 0 Å². The second kappa shape index (κ2) is 11.6. The van der Waals surface area contributed by atoms with E-state index in [0.29, 0.717) is 36.0 Å². The van der Waals surface area contributed by atoms with Crippen molar-refractivity contribution < 1.29 is 23.8 Å². The lowest BCUT2D eigenvalue weighted by molar-refractivity contribution is -0.146. The van der Waals surface area contributed by atoms with Crippen LogP contribution in [0.2, 0.25) is 5.02 Å². The third-order valence-electron chi connectivity index (χ3n) is 7.50. The van der Waals surface area contributed by atoms with Gasteiger partial charge in [-0.05, 0) is 43.2 Å². The second-order valence-electron chi connectivity index (χ2n) is 9.89. The van der Waals surface area contributed by atoms with Crippen molar-refractivity contribution in [2.24, 2.45) is 0 Å². The van der Waals surface area contributed by atoms with Gasteiger partial charge in [0.15, 0.2) is 0 Å². The van der Waals surface area contributed by atoms with Gasteiger partial charge in [0, 0.05) is 51.7 Å². The van der Waals surface area contributed by atoms with Crippen LogP contribution in [0.25, 0.3) is 22.0 Å². The Kier molecular flexibility index (Phi) is 8.00. The topological polar surface area (TPSA) is 92.9 Å². The molecule has 1 fully saturated rings. The molecule has 1 aromatic heterocycles. The number of ether oxygens (including phenoxy) is 3. The SMILES string of the molecule is COC(=O)[C@@H]1C[C@@H](NC(=O)c2[nH]c3ccc(Cl)cc3c2-c2ccccc2)CN1Cc1ccc(OC)c(C)c1OC. The van der Waals surface area contributed by atoms with Gasteiger partial charge in [-0.25, -0.2) is 0 Å². The number of methoxy groups -OCH3 is 3. The van der Waals surface area contributed by atoms with Crippen molar-refractivity contribution in [3.8, 4) is 22.6 Å². The van der Waals surface area contributed by atoms with Crippen molar-refractivity contribution in [2.45, 2.75) is 32.0 Å². The average Bonchev–Trinajstić information content (AvgIpc) is 3.54. The van der Waals surface area contributed by atoms with Crippen LogP contribution in [0.15, 0.2) is 60.7 Å². The Hall–Kier alpha value is -4.01. The molecule has 5 rings (SSSR count). The largest absolute Gasteiger partial charge is 0.496 e. The van der Waals surface area contributed by atoms with Crippen LogP contribution < -0.4 is 14.8 Å². The fourth-order valence-corrected chi connectivity index (χ4v) is 5.81. The fraction of sp³-hybridized carbons (Fsp3) is 0.290. The highest BCUT2D eigenvalue weighted by Crippen LogP contribution is 2.36. The minimum atomic E-state index is -0.516. The number of H-pyrrole nitrogens is 1. The first-order chi connectivity index (χ1) is 19.3. The Morgan fingerprint density at radius 3 is 2.52 bits per heavy atom. The lowest BCUT2D eigenvalue weighted by atomic mass is 10.0. The summed E-state index contributed by atoms with van der Waals surface area (Å²) in [5.74, 6) is 0.843. The average molecular weight is 562 g/mol. The van der Waals surface area contributed by atoms with Crippen LogP contribution in [0.3, 0.4) is 0 Å². The van der Waals surface area contributed by atoms with Crippen LogP contribution in [-0.2, 0) is 16.1 Å². The van der Waals surface area contributed by atoms with Crippen LogP contribution in [0.4, 0.5) is 0 Å². The molecule has 2 N–H and O–H groups in total. The lowest BCUT2D eigenvalue weighted by Gasteiger charge is -2.24. The number of nitrogens with one attached hydrogen (secondary N) is 2. The van der Waals surface area contributed by atoms with E-state index in [0.717, 1.165) is 38.9 Å². The zero-order chi connectivity index (χ0) is 28.4. The summed E-state index contributed by atoms with van der Waals surface area (Å²) in [6.45, 7) is 2.84. The quantitative estimate of drug-likeness (QED) is 0.281. The van der Waals surface area contributed by atoms with Crippen LogP contribution in [-0.4, -0.2) is 61.7 Å². The number of carbonyl (C=O) groups excluding carboxylic acids is 2. The van der Waals surface area contributed by atoms with E-state index in [1.54, 1.807) is 20.3 Å². The number of aromatic nitrogens is 1. The normalized spacial score (nSPS) is 17.1. The molecule has 4 aromatic rings. The van der Waals surface area contributed by atoms with E-state index in [-0.39, 0.29) is 17.9 Å². The molecule has 1 saturated heterocycles. The van der Waals surface area contributed by atoms with Crippen LogP contribution in [0, 0.1) is 6.92 Å². The summed E-state index contributed by atoms with van der Waals surface area (Å²) in [6, 6.07) is 18.3. The summed E-state index contributed by atoms with van der Waals surface area (Å²) in [4.78, 5) is 31.8. The first kappa shape index (κ1) is 27.6. The molecular weight excluding hydrogens is 530 g/mol. The van der Waals surface area contributed by atoms with E-state index in [1.807, 2.05) is 66.4 Å². The summed E-state index contributed by atoms with van der Waals surface area (Å²) in [5, 5.41) is 4.62. The summed E-state index contributed by atoms with van der Waals surface area (Å²) in [7, 11) is 4.62. The Balaban J connectivity index is 1.43. The smallest absolute Gasteiger partial charge is 0.323 e. The minimum Gasteiger partial charge on any atom is -0.496 e. The van der Waals surface area contributed by atoms with Gasteiger partial charge in [-0.15, -0.1) is 0 Å². The molecule has 2 heterocycles. The first-order valence-electron chi connectivity index (χ1n) is 13.0. The third-order valence-corrected chi connectivity index (χ3v) is 7.73. The molecule has 0 unspecified atom stereocenters. The maximum Gasteiger partial charge on any atom is 0.323 e. The highest BCUT2D eigenvalue weighted by Gasteiger charge is 2.39. The third kappa shape index (κ3) is 5.24. The van der Waals surface area contributed by atoms with Gasteiger partial charge in [0.05, 0.1) is 21.3 Å². The van der Waals surface area contributed by atoms with Gasteiger partial charge in [0.25, 0.3) is 5.91 Å². The lowest BCUT2D eigenvalue weighted by Crippen LogP contribution is -2.38. The van der Waals surface area contributed by atoms with E-state index in [2.05, 4.69) is 10.3 Å². The van der Waals surface area contributed by atoms with E-state index in [1.165, 1.54) is 7.11 Å². The summed E-state index contributed by atoms with van der Waals surface area (Å²) >= 11 is 6.31. The molecule has 1 aliphatic rings. The highest BCUT2D eigenvalue weighted by atomic mass is 35.5. The number of amides is 1. The molecule has 2 atom stereocenters. The van der Waals surface area contributed by atoms with Crippen molar-refractivity contribution >= 4 is 34.4 Å². The predicted molar refractivity (Wildman–Crippen MR) is 155 cm³/mol. The molecule has 0 radical (unpaired) electrons. The molecule has 40 heavy (non-hydrogen) atoms. The number of rotatable bonds is 8. The van der Waals surface area contributed by atoms with Gasteiger partial charge in [-0.3, -0.25) is 14.5 Å². The van der Waals surface area contributed by atoms with E-state index < -0.39 is 6.04 Å². The summed E-state index contributed by atoms with van der Waals surface area (Å²) < 4.78 is 16.2. The zero-order valence-corrected chi connectivity index (χ0v) is 23.7. The number of nitrogens with zero attached hydrogens (tertiary/aromatic N) is 1. The maximum absolute atomic E-state index is 13.7. The predicted octanol–water partition coefficient (Wildman–Crippen LogP) is 5.36. The molecule has 0 bridgehead atoms. The van der Waals surface area contributed by atoms with Gasteiger partial charge >= 0.3 is 5.97 Å². The molecule has 9 heteroatoms. The minimum absolute atomic E-state index is 0.250. The highest BCUT2D eigenvalue weighted by molar-refractivity contribution is 6.31. The molecule has 208 valence electrons. The number of hydrogen-bond donors (Lipinski definition) is 2. The number of aromatic amines is 1. The standard InChI is InChI=1S/C31H32ClN3O5/c1-18-26(38-2)13-10-20(29(18)39-3)16-35-17-22(15-25(35)31(37)40-4)33-30(36)28-27(19-8-6-5-7-9-19)23-14-21(32)11-12-24(23)34-28/h5-14,22,25,34H,15-17H2,1-4H3,(H,33,36)/t22-,25+/m1/s1. The molecular formula is C31H32ClN3O5. The van der Waals surface area contributed by atoms with E-state index in [4.69, 9.17) is 25.8 Å². The van der Waals surface area contributed by atoms with Gasteiger partial charge in [-0.2, -0.15) is 0 Å². The number of hydrogen-bond acceptors (Lipinski definition) is 6. The van der Waals surface area contributed by atoms with E-state index in [9.17, 15) is 9.59 Å². The van der Waals surface area contributed by atoms with Gasteiger partial charge < -0.3 is 24.5 Å².